The topological polar surface area (TPSA) is 108 Å². The van der Waals surface area contributed by atoms with Crippen molar-refractivity contribution in [3.05, 3.63) is 12.2 Å². The maximum absolute atomic E-state index is 13.0. The van der Waals surface area contributed by atoms with E-state index in [1.807, 2.05) is 21.1 Å². The van der Waals surface area contributed by atoms with E-state index in [0.717, 1.165) is 38.5 Å². The van der Waals surface area contributed by atoms with Crippen LogP contribution in [0.1, 0.15) is 450 Å². The Morgan fingerprint density at radius 1 is 0.312 bits per heavy atom. The van der Waals surface area contributed by atoms with E-state index in [2.05, 4.69) is 26.0 Å². The minimum absolute atomic E-state index is 0.172. The summed E-state index contributed by atoms with van der Waals surface area (Å²) in [6.07, 6.45) is 92.6. The number of hydrogen-bond acceptors (Lipinski definition) is 7. The highest BCUT2D eigenvalue weighted by Gasteiger charge is 2.25. The molecule has 0 radical (unpaired) electrons. The van der Waals surface area contributed by atoms with Gasteiger partial charge in [-0.1, -0.05) is 411 Å². The van der Waals surface area contributed by atoms with Gasteiger partial charge in [0.25, 0.3) is 6.29 Å². The van der Waals surface area contributed by atoms with Crippen LogP contribution < -0.4 is 0 Å². The number of rotatable bonds is 80. The number of carbonyl (C=O) groups excluding carboxylic acids is 2. The van der Waals surface area contributed by atoms with E-state index in [1.54, 1.807) is 0 Å². The third kappa shape index (κ3) is 77.3. The summed E-state index contributed by atoms with van der Waals surface area (Å²) in [5.74, 6) is -1.96. The number of quaternary nitrogens is 1. The van der Waals surface area contributed by atoms with Gasteiger partial charge < -0.3 is 28.5 Å². The average Bonchev–Trinajstić information content (AvgIpc) is 3.38. The number of allylic oxidation sites excluding steroid dienone is 2. The van der Waals surface area contributed by atoms with Gasteiger partial charge in [-0.3, -0.25) is 9.59 Å². The van der Waals surface area contributed by atoms with E-state index in [0.29, 0.717) is 17.4 Å². The van der Waals surface area contributed by atoms with Crippen LogP contribution in [0.4, 0.5) is 0 Å². The fraction of sp³-hybridized carbons (Fsp3) is 0.940. The molecule has 9 heteroatoms. The van der Waals surface area contributed by atoms with Crippen LogP contribution in [-0.4, -0.2) is 87.4 Å². The fourth-order valence-electron chi connectivity index (χ4n) is 13.1. The van der Waals surface area contributed by atoms with Crippen molar-refractivity contribution in [1.82, 2.24) is 0 Å². The van der Waals surface area contributed by atoms with Gasteiger partial charge in [-0.25, -0.2) is 4.79 Å². The predicted molar refractivity (Wildman–Crippen MR) is 402 cm³/mol. The molecular weight excluding hydrogens is 1150 g/mol. The monoisotopic (exact) mass is 1320 g/mol. The van der Waals surface area contributed by atoms with E-state index in [1.165, 1.54) is 385 Å². The van der Waals surface area contributed by atoms with Gasteiger partial charge in [0.2, 0.25) is 0 Å². The van der Waals surface area contributed by atoms with Crippen LogP contribution in [0, 0.1) is 0 Å². The summed E-state index contributed by atoms with van der Waals surface area (Å²) in [5, 5.41) is 9.77. The van der Waals surface area contributed by atoms with Gasteiger partial charge in [0.15, 0.2) is 6.10 Å². The highest BCUT2D eigenvalue weighted by Crippen LogP contribution is 2.21. The highest BCUT2D eigenvalue weighted by molar-refractivity contribution is 5.71. The second-order valence-corrected chi connectivity index (χ2v) is 30.2. The zero-order valence-corrected chi connectivity index (χ0v) is 63.5. The maximum Gasteiger partial charge on any atom is 0.361 e. The second-order valence-electron chi connectivity index (χ2n) is 30.2. The zero-order chi connectivity index (χ0) is 67.5. The van der Waals surface area contributed by atoms with Crippen molar-refractivity contribution in [1.29, 1.82) is 0 Å². The van der Waals surface area contributed by atoms with E-state index in [9.17, 15) is 19.5 Å². The quantitative estimate of drug-likeness (QED) is 0.0211. The van der Waals surface area contributed by atoms with Crippen LogP contribution in [0.3, 0.4) is 0 Å². The molecule has 0 bridgehead atoms. The number of carboxylic acid groups (broad SMARTS) is 1. The molecule has 552 valence electrons. The SMILES string of the molecule is CCCCCCCCCC/C=C\CCCCCCCCCCCCCCCCCCCCCCCCCCCCCCCC(=O)OC(COC(=O)CCCCCCCCCCCCCCCCCCCCCCCCCCCCC)COC(OCC[N+](C)(C)C)C(=O)O. The first-order valence-electron chi connectivity index (χ1n) is 41.9. The number of carboxylic acids is 1. The van der Waals surface area contributed by atoms with Gasteiger partial charge in [-0.15, -0.1) is 0 Å². The van der Waals surface area contributed by atoms with E-state index in [4.69, 9.17) is 18.9 Å². The fourth-order valence-corrected chi connectivity index (χ4v) is 13.1. The number of esters is 2. The summed E-state index contributed by atoms with van der Waals surface area (Å²) >= 11 is 0. The Kier molecular flexibility index (Phi) is 74.2. The smallest absolute Gasteiger partial charge is 0.361 e. The van der Waals surface area contributed by atoms with Crippen LogP contribution >= 0.6 is 0 Å². The maximum atomic E-state index is 13.0. The Bertz CT molecular complexity index is 1530. The number of aliphatic carboxylic acids is 1. The van der Waals surface area contributed by atoms with Crippen molar-refractivity contribution in [2.45, 2.75) is 463 Å². The molecule has 0 heterocycles. The summed E-state index contributed by atoms with van der Waals surface area (Å²) in [4.78, 5) is 37.7. The molecule has 9 nitrogen and oxygen atoms in total. The van der Waals surface area contributed by atoms with Crippen LogP contribution in [0.15, 0.2) is 12.2 Å². The molecule has 0 spiro atoms. The van der Waals surface area contributed by atoms with Crippen LogP contribution in [0.2, 0.25) is 0 Å². The minimum Gasteiger partial charge on any atom is -0.477 e. The molecule has 1 N–H and O–H groups in total. The lowest BCUT2D eigenvalue weighted by Crippen LogP contribution is -2.40. The Labute approximate surface area is 580 Å². The summed E-state index contributed by atoms with van der Waals surface area (Å²) in [7, 11) is 6.00. The number of ether oxygens (including phenoxy) is 4. The lowest BCUT2D eigenvalue weighted by Gasteiger charge is -2.25. The first-order valence-corrected chi connectivity index (χ1v) is 41.9. The van der Waals surface area contributed by atoms with Gasteiger partial charge in [0, 0.05) is 12.8 Å². The van der Waals surface area contributed by atoms with Crippen LogP contribution in [0.5, 0.6) is 0 Å². The summed E-state index contributed by atoms with van der Waals surface area (Å²) in [5.41, 5.74) is 0. The van der Waals surface area contributed by atoms with Gasteiger partial charge >= 0.3 is 17.9 Å². The lowest BCUT2D eigenvalue weighted by atomic mass is 10.0. The molecule has 0 aliphatic carbocycles. The first-order chi connectivity index (χ1) is 45.6. The zero-order valence-electron chi connectivity index (χ0n) is 63.5. The van der Waals surface area contributed by atoms with E-state index in [-0.39, 0.29) is 38.2 Å². The molecule has 0 saturated heterocycles. The van der Waals surface area contributed by atoms with Crippen molar-refractivity contribution >= 4 is 17.9 Å². The number of likely N-dealkylation sites (N-methyl/N-ethyl adjacent to an activating group) is 1. The molecule has 0 saturated carbocycles. The molecule has 0 aromatic heterocycles. The van der Waals surface area contributed by atoms with Crippen molar-refractivity contribution in [3.8, 4) is 0 Å². The largest absolute Gasteiger partial charge is 0.477 e. The van der Waals surface area contributed by atoms with Crippen molar-refractivity contribution in [2.75, 3.05) is 47.5 Å². The molecule has 93 heavy (non-hydrogen) atoms. The molecule has 0 aliphatic heterocycles. The van der Waals surface area contributed by atoms with Crippen LogP contribution in [0.25, 0.3) is 0 Å². The predicted octanol–water partition coefficient (Wildman–Crippen LogP) is 26.7. The molecule has 0 rings (SSSR count). The Hall–Kier alpha value is -1.97. The molecule has 0 fully saturated rings. The van der Waals surface area contributed by atoms with Crippen LogP contribution in [-0.2, 0) is 33.3 Å². The summed E-state index contributed by atoms with van der Waals surface area (Å²) < 4.78 is 23.1. The second kappa shape index (κ2) is 75.8. The van der Waals surface area contributed by atoms with Crippen molar-refractivity contribution < 1.29 is 42.9 Å². The van der Waals surface area contributed by atoms with E-state index < -0.39 is 18.4 Å². The Morgan fingerprint density at radius 3 is 0.796 bits per heavy atom. The number of carbonyl (C=O) groups is 3. The molecule has 0 aromatic rings. The van der Waals surface area contributed by atoms with Gasteiger partial charge in [0.05, 0.1) is 34.4 Å². The molecule has 0 amide bonds. The highest BCUT2D eigenvalue weighted by atomic mass is 16.7. The normalized spacial score (nSPS) is 12.6. The first kappa shape index (κ1) is 91.0. The van der Waals surface area contributed by atoms with Gasteiger partial charge in [0.1, 0.15) is 13.2 Å². The average molecular weight is 1320 g/mol. The standard InChI is InChI=1S/C84H163NO8/c1-6-8-10-12-14-16-18-20-22-24-26-28-30-32-34-35-36-37-38-39-40-41-42-43-44-45-46-47-49-51-53-55-57-59-61-63-65-67-69-71-73-75-82(87)93-80(79-92-84(83(88)89)90-77-76-85(3,4)5)78-91-81(86)74-72-70-68-66-64-62-60-58-56-54-52-50-48-33-31-29-27-25-23-21-19-17-15-13-11-9-7-2/h24,26,80,84H,6-23,25,27-79H2,1-5H3/p+1/b26-24-. The minimum atomic E-state index is -1.51. The summed E-state index contributed by atoms with van der Waals surface area (Å²) in [6, 6.07) is 0. The number of unbranched alkanes of at least 4 members (excludes halogenated alkanes) is 63. The van der Waals surface area contributed by atoms with Crippen molar-refractivity contribution in [2.24, 2.45) is 0 Å². The number of hydrogen-bond donors (Lipinski definition) is 1. The third-order valence-corrected chi connectivity index (χ3v) is 19.5. The van der Waals surface area contributed by atoms with Gasteiger partial charge in [-0.05, 0) is 38.5 Å². The molecule has 2 unspecified atom stereocenters. The molecule has 0 aromatic carbocycles. The molecule has 2 atom stereocenters. The molecular formula is C84H164NO8+. The van der Waals surface area contributed by atoms with E-state index >= 15 is 0 Å². The molecule has 0 aliphatic rings. The lowest BCUT2D eigenvalue weighted by molar-refractivity contribution is -0.870. The Morgan fingerprint density at radius 2 is 0.548 bits per heavy atom. The third-order valence-electron chi connectivity index (χ3n) is 19.5. The summed E-state index contributed by atoms with van der Waals surface area (Å²) in [6.45, 7) is 4.98. The number of nitrogens with zero attached hydrogens (tertiary/aromatic N) is 1. The Balaban J connectivity index is 3.90. The van der Waals surface area contributed by atoms with Crippen molar-refractivity contribution in [3.63, 3.8) is 0 Å². The van der Waals surface area contributed by atoms with Gasteiger partial charge in [-0.2, -0.15) is 0 Å².